The summed E-state index contributed by atoms with van der Waals surface area (Å²) in [6, 6.07) is 1.84. The summed E-state index contributed by atoms with van der Waals surface area (Å²) in [6.07, 6.45) is 3.15. The van der Waals surface area contributed by atoms with Crippen LogP contribution in [0.1, 0.15) is 48.3 Å². The standard InChI is InChI=1S/C14H23N3O2S/c1-3-5-6-12(18)17-14-11(9-10(4-2)20-14)13(19)16-8-7-15/h9H,3-8,15H2,1-2H3,(H,16,19)(H,17,18). The Bertz CT molecular complexity index is 457. The zero-order valence-electron chi connectivity index (χ0n) is 12.1. The molecule has 0 saturated carbocycles. The van der Waals surface area contributed by atoms with Crippen LogP contribution in [0.3, 0.4) is 0 Å². The van der Waals surface area contributed by atoms with Crippen molar-refractivity contribution in [1.82, 2.24) is 5.32 Å². The minimum Gasteiger partial charge on any atom is -0.351 e. The Balaban J connectivity index is 2.80. The molecule has 0 aliphatic carbocycles. The number of unbranched alkanes of at least 4 members (excludes halogenated alkanes) is 1. The molecule has 0 atom stereocenters. The SMILES string of the molecule is CCCCC(=O)Nc1sc(CC)cc1C(=O)NCCN. The van der Waals surface area contributed by atoms with E-state index in [2.05, 4.69) is 10.6 Å². The molecule has 2 amide bonds. The van der Waals surface area contributed by atoms with Crippen LogP contribution in [0.25, 0.3) is 0 Å². The van der Waals surface area contributed by atoms with Crippen LogP contribution in [-0.2, 0) is 11.2 Å². The summed E-state index contributed by atoms with van der Waals surface area (Å²) in [7, 11) is 0. The third-order valence-electron chi connectivity index (χ3n) is 2.82. The van der Waals surface area contributed by atoms with E-state index < -0.39 is 0 Å². The molecule has 1 rings (SSSR count). The van der Waals surface area contributed by atoms with Crippen LogP contribution in [0.15, 0.2) is 6.07 Å². The molecule has 5 nitrogen and oxygen atoms in total. The minimum atomic E-state index is -0.183. The highest BCUT2D eigenvalue weighted by molar-refractivity contribution is 7.16. The lowest BCUT2D eigenvalue weighted by Gasteiger charge is -2.06. The van der Waals surface area contributed by atoms with Crippen molar-refractivity contribution in [2.24, 2.45) is 5.73 Å². The molecule has 0 aliphatic rings. The second-order valence-electron chi connectivity index (χ2n) is 4.51. The zero-order valence-corrected chi connectivity index (χ0v) is 12.9. The highest BCUT2D eigenvalue weighted by atomic mass is 32.1. The normalized spacial score (nSPS) is 10.3. The molecule has 1 aromatic rings. The number of nitrogens with two attached hydrogens (primary N) is 1. The number of nitrogens with one attached hydrogen (secondary N) is 2. The number of aryl methyl sites for hydroxylation is 1. The molecule has 0 saturated heterocycles. The maximum absolute atomic E-state index is 12.0. The van der Waals surface area contributed by atoms with Crippen molar-refractivity contribution >= 4 is 28.2 Å². The van der Waals surface area contributed by atoms with E-state index in [-0.39, 0.29) is 11.8 Å². The lowest BCUT2D eigenvalue weighted by Crippen LogP contribution is -2.29. The first-order chi connectivity index (χ1) is 9.62. The number of hydrogen-bond donors (Lipinski definition) is 3. The van der Waals surface area contributed by atoms with E-state index in [9.17, 15) is 9.59 Å². The second-order valence-corrected chi connectivity index (χ2v) is 5.64. The first-order valence-corrected chi connectivity index (χ1v) is 7.84. The number of carbonyl (C=O) groups excluding carboxylic acids is 2. The average molecular weight is 297 g/mol. The van der Waals surface area contributed by atoms with E-state index in [0.717, 1.165) is 24.1 Å². The Hall–Kier alpha value is -1.40. The van der Waals surface area contributed by atoms with Crippen molar-refractivity contribution < 1.29 is 9.59 Å². The number of amides is 2. The van der Waals surface area contributed by atoms with Gasteiger partial charge in [0.1, 0.15) is 5.00 Å². The van der Waals surface area contributed by atoms with Crippen LogP contribution in [0.5, 0.6) is 0 Å². The summed E-state index contributed by atoms with van der Waals surface area (Å²) in [5.41, 5.74) is 5.91. The largest absolute Gasteiger partial charge is 0.351 e. The zero-order chi connectivity index (χ0) is 15.0. The predicted octanol–water partition coefficient (Wildman–Crippen LogP) is 2.13. The van der Waals surface area contributed by atoms with Crippen LogP contribution in [0.2, 0.25) is 0 Å². The van der Waals surface area contributed by atoms with Gasteiger partial charge < -0.3 is 16.4 Å². The first kappa shape index (κ1) is 16.7. The number of thiophene rings is 1. The topological polar surface area (TPSA) is 84.2 Å². The van der Waals surface area contributed by atoms with Crippen molar-refractivity contribution in [2.75, 3.05) is 18.4 Å². The summed E-state index contributed by atoms with van der Waals surface area (Å²) in [5, 5.41) is 6.22. The number of rotatable bonds is 8. The Kier molecular flexibility index (Phi) is 7.25. The van der Waals surface area contributed by atoms with Gasteiger partial charge in [-0.3, -0.25) is 9.59 Å². The molecule has 0 aliphatic heterocycles. The van der Waals surface area contributed by atoms with Crippen molar-refractivity contribution in [3.8, 4) is 0 Å². The maximum Gasteiger partial charge on any atom is 0.254 e. The molecule has 0 unspecified atom stereocenters. The fourth-order valence-electron chi connectivity index (χ4n) is 1.69. The van der Waals surface area contributed by atoms with Crippen LogP contribution in [0, 0.1) is 0 Å². The van der Waals surface area contributed by atoms with Crippen molar-refractivity contribution in [3.05, 3.63) is 16.5 Å². The third kappa shape index (κ3) is 4.94. The molecule has 112 valence electrons. The van der Waals surface area contributed by atoms with Gasteiger partial charge in [-0.15, -0.1) is 11.3 Å². The Morgan fingerprint density at radius 1 is 1.35 bits per heavy atom. The fourth-order valence-corrected chi connectivity index (χ4v) is 2.69. The summed E-state index contributed by atoms with van der Waals surface area (Å²) < 4.78 is 0. The minimum absolute atomic E-state index is 0.0378. The Morgan fingerprint density at radius 2 is 2.10 bits per heavy atom. The molecule has 0 radical (unpaired) electrons. The van der Waals surface area contributed by atoms with Gasteiger partial charge in [-0.25, -0.2) is 0 Å². The van der Waals surface area contributed by atoms with Crippen LogP contribution in [-0.4, -0.2) is 24.9 Å². The summed E-state index contributed by atoms with van der Waals surface area (Å²) >= 11 is 1.46. The Morgan fingerprint density at radius 3 is 2.70 bits per heavy atom. The average Bonchev–Trinajstić information content (AvgIpc) is 2.85. The smallest absolute Gasteiger partial charge is 0.254 e. The highest BCUT2D eigenvalue weighted by Gasteiger charge is 2.17. The van der Waals surface area contributed by atoms with E-state index in [0.29, 0.717) is 30.1 Å². The van der Waals surface area contributed by atoms with Gasteiger partial charge in [-0.05, 0) is 18.9 Å². The van der Waals surface area contributed by atoms with Crippen LogP contribution in [0.4, 0.5) is 5.00 Å². The molecule has 0 aromatic carbocycles. The molecular weight excluding hydrogens is 274 g/mol. The van der Waals surface area contributed by atoms with Crippen molar-refractivity contribution in [2.45, 2.75) is 39.5 Å². The van der Waals surface area contributed by atoms with Gasteiger partial charge >= 0.3 is 0 Å². The van der Waals surface area contributed by atoms with Gasteiger partial charge in [0.2, 0.25) is 5.91 Å². The molecule has 1 heterocycles. The van der Waals surface area contributed by atoms with Crippen molar-refractivity contribution in [3.63, 3.8) is 0 Å². The van der Waals surface area contributed by atoms with Gasteiger partial charge in [-0.1, -0.05) is 20.3 Å². The summed E-state index contributed by atoms with van der Waals surface area (Å²) in [6.45, 7) is 4.89. The fraction of sp³-hybridized carbons (Fsp3) is 0.571. The highest BCUT2D eigenvalue weighted by Crippen LogP contribution is 2.28. The van der Waals surface area contributed by atoms with E-state index in [4.69, 9.17) is 5.73 Å². The number of carbonyl (C=O) groups is 2. The van der Waals surface area contributed by atoms with Crippen LogP contribution >= 0.6 is 11.3 Å². The van der Waals surface area contributed by atoms with E-state index >= 15 is 0 Å². The van der Waals surface area contributed by atoms with Gasteiger partial charge in [0, 0.05) is 24.4 Å². The predicted molar refractivity (Wildman–Crippen MR) is 83.2 cm³/mol. The van der Waals surface area contributed by atoms with Crippen LogP contribution < -0.4 is 16.4 Å². The lowest BCUT2D eigenvalue weighted by molar-refractivity contribution is -0.116. The van der Waals surface area contributed by atoms with Gasteiger partial charge in [0.25, 0.3) is 5.91 Å². The molecule has 20 heavy (non-hydrogen) atoms. The van der Waals surface area contributed by atoms with Gasteiger partial charge in [-0.2, -0.15) is 0 Å². The van der Waals surface area contributed by atoms with Gasteiger partial charge in [0.05, 0.1) is 5.56 Å². The van der Waals surface area contributed by atoms with E-state index in [1.807, 2.05) is 19.9 Å². The summed E-state index contributed by atoms with van der Waals surface area (Å²) in [4.78, 5) is 24.9. The van der Waals surface area contributed by atoms with Crippen molar-refractivity contribution in [1.29, 1.82) is 0 Å². The molecule has 0 bridgehead atoms. The molecule has 4 N–H and O–H groups in total. The lowest BCUT2D eigenvalue weighted by atomic mass is 10.2. The monoisotopic (exact) mass is 297 g/mol. The van der Waals surface area contributed by atoms with Gasteiger partial charge in [0.15, 0.2) is 0 Å². The maximum atomic E-state index is 12.0. The molecule has 0 fully saturated rings. The molecular formula is C14H23N3O2S. The second kappa shape index (κ2) is 8.71. The quantitative estimate of drug-likeness (QED) is 0.687. The molecule has 0 spiro atoms. The Labute approximate surface area is 123 Å². The molecule has 6 heteroatoms. The third-order valence-corrected chi connectivity index (χ3v) is 4.01. The number of hydrogen-bond acceptors (Lipinski definition) is 4. The summed E-state index contributed by atoms with van der Waals surface area (Å²) in [5.74, 6) is -0.221. The number of anilines is 1. The van der Waals surface area contributed by atoms with E-state index in [1.165, 1.54) is 11.3 Å². The van der Waals surface area contributed by atoms with E-state index in [1.54, 1.807) is 0 Å². The first-order valence-electron chi connectivity index (χ1n) is 7.03. The molecule has 1 aromatic heterocycles.